The van der Waals surface area contributed by atoms with Crippen molar-refractivity contribution in [2.45, 2.75) is 12.8 Å². The van der Waals surface area contributed by atoms with Crippen molar-refractivity contribution < 1.29 is 34.1 Å². The number of hydrogen-bond donors (Lipinski definition) is 2. The van der Waals surface area contributed by atoms with Crippen molar-refractivity contribution in [3.63, 3.8) is 0 Å². The molecule has 2 fully saturated rings. The minimum Gasteiger partial charge on any atom is -0.497 e. The molecule has 1 saturated carbocycles. The van der Waals surface area contributed by atoms with Gasteiger partial charge in [-0.3, -0.25) is 9.69 Å². The Labute approximate surface area is 187 Å². The van der Waals surface area contributed by atoms with Gasteiger partial charge in [0, 0.05) is 32.7 Å². The van der Waals surface area contributed by atoms with Crippen LogP contribution in [-0.2, 0) is 14.4 Å². The van der Waals surface area contributed by atoms with Gasteiger partial charge in [0.15, 0.2) is 6.61 Å². The molecule has 3 aliphatic rings. The Balaban J connectivity index is 0.000000427. The number of rotatable bonds is 6. The Bertz CT molecular complexity index is 819. The number of benzene rings is 1. The van der Waals surface area contributed by atoms with Gasteiger partial charge in [0.05, 0.1) is 7.11 Å². The SMILES string of the molecule is COc1ccc(OCC(=O)N2CCN(CC3CC4C=CC3C4)CC2)cc1.O=C(O)C(=O)O. The highest BCUT2D eigenvalue weighted by atomic mass is 16.5. The van der Waals surface area contributed by atoms with E-state index in [2.05, 4.69) is 17.1 Å². The first-order valence-corrected chi connectivity index (χ1v) is 10.8. The van der Waals surface area contributed by atoms with Gasteiger partial charge in [-0.15, -0.1) is 0 Å². The Hall–Kier alpha value is -3.07. The van der Waals surface area contributed by atoms with Gasteiger partial charge in [-0.1, -0.05) is 12.2 Å². The zero-order valence-electron chi connectivity index (χ0n) is 18.2. The van der Waals surface area contributed by atoms with Gasteiger partial charge in [-0.25, -0.2) is 9.59 Å². The van der Waals surface area contributed by atoms with Crippen LogP contribution in [0, 0.1) is 17.8 Å². The lowest BCUT2D eigenvalue weighted by Crippen LogP contribution is -2.51. The van der Waals surface area contributed by atoms with Crippen molar-refractivity contribution in [1.29, 1.82) is 0 Å². The summed E-state index contributed by atoms with van der Waals surface area (Å²) in [5.74, 6) is 0.368. The fourth-order valence-corrected chi connectivity index (χ4v) is 4.52. The summed E-state index contributed by atoms with van der Waals surface area (Å²) in [7, 11) is 1.63. The van der Waals surface area contributed by atoms with Crippen LogP contribution in [0.1, 0.15) is 12.8 Å². The molecule has 0 aromatic heterocycles. The molecule has 4 rings (SSSR count). The highest BCUT2D eigenvalue weighted by Gasteiger charge is 2.36. The van der Waals surface area contributed by atoms with Crippen molar-refractivity contribution in [3.05, 3.63) is 36.4 Å². The number of carbonyl (C=O) groups is 3. The summed E-state index contributed by atoms with van der Waals surface area (Å²) in [5, 5.41) is 14.8. The number of allylic oxidation sites excluding steroid dienone is 2. The number of aliphatic carboxylic acids is 2. The summed E-state index contributed by atoms with van der Waals surface area (Å²) in [5.41, 5.74) is 0. The number of nitrogens with zero attached hydrogens (tertiary/aromatic N) is 2. The number of methoxy groups -OCH3 is 1. The summed E-state index contributed by atoms with van der Waals surface area (Å²) >= 11 is 0. The third kappa shape index (κ3) is 6.46. The zero-order valence-corrected chi connectivity index (χ0v) is 18.2. The third-order valence-electron chi connectivity index (χ3n) is 6.24. The third-order valence-corrected chi connectivity index (χ3v) is 6.24. The van der Waals surface area contributed by atoms with Crippen LogP contribution in [-0.4, -0.2) is 84.3 Å². The molecule has 1 saturated heterocycles. The summed E-state index contributed by atoms with van der Waals surface area (Å²) in [6, 6.07) is 7.33. The van der Waals surface area contributed by atoms with E-state index in [0.717, 1.165) is 49.7 Å². The minimum absolute atomic E-state index is 0.0725. The van der Waals surface area contributed by atoms with Gasteiger partial charge in [0.25, 0.3) is 5.91 Å². The summed E-state index contributed by atoms with van der Waals surface area (Å²) in [4.78, 5) is 35.1. The van der Waals surface area contributed by atoms with E-state index in [-0.39, 0.29) is 12.5 Å². The number of fused-ring (bicyclic) bond motifs is 2. The molecule has 3 unspecified atom stereocenters. The quantitative estimate of drug-likeness (QED) is 0.500. The molecule has 2 N–H and O–H groups in total. The second-order valence-electron chi connectivity index (χ2n) is 8.30. The number of carboxylic acid groups (broad SMARTS) is 2. The number of carbonyl (C=O) groups excluding carboxylic acids is 1. The van der Waals surface area contributed by atoms with Gasteiger partial charge in [0.2, 0.25) is 0 Å². The van der Waals surface area contributed by atoms with Crippen LogP contribution in [0.4, 0.5) is 0 Å². The van der Waals surface area contributed by atoms with Crippen molar-refractivity contribution >= 4 is 17.8 Å². The van der Waals surface area contributed by atoms with Gasteiger partial charge >= 0.3 is 11.9 Å². The fourth-order valence-electron chi connectivity index (χ4n) is 4.52. The van der Waals surface area contributed by atoms with Crippen molar-refractivity contribution in [1.82, 2.24) is 9.80 Å². The molecule has 174 valence electrons. The first kappa shape index (κ1) is 23.6. The van der Waals surface area contributed by atoms with Gasteiger partial charge in [-0.05, 0) is 54.9 Å². The maximum Gasteiger partial charge on any atom is 0.414 e. The standard InChI is InChI=1S/C21H28N2O3.C2H2O4/c1-25-19-4-6-20(7-5-19)26-15-21(24)23-10-8-22(9-11-23)14-18-13-16-2-3-17(18)12-16;3-1(4)2(5)6/h2-7,16-18H,8-15H2,1H3;(H,3,4)(H,5,6). The highest BCUT2D eigenvalue weighted by Crippen LogP contribution is 2.43. The average Bonchev–Trinajstić information content (AvgIpc) is 3.42. The van der Waals surface area contributed by atoms with E-state index in [1.54, 1.807) is 7.11 Å². The van der Waals surface area contributed by atoms with Crippen molar-refractivity contribution in [3.8, 4) is 11.5 Å². The van der Waals surface area contributed by atoms with E-state index >= 15 is 0 Å². The van der Waals surface area contributed by atoms with Crippen LogP contribution in [0.3, 0.4) is 0 Å². The molecule has 3 atom stereocenters. The normalized spacial score (nSPS) is 23.9. The van der Waals surface area contributed by atoms with Crippen LogP contribution in [0.5, 0.6) is 11.5 Å². The van der Waals surface area contributed by atoms with E-state index in [1.165, 1.54) is 19.4 Å². The molecule has 2 aliphatic carbocycles. The monoisotopic (exact) mass is 446 g/mol. The van der Waals surface area contributed by atoms with Crippen LogP contribution >= 0.6 is 0 Å². The number of ether oxygens (including phenoxy) is 2. The van der Waals surface area contributed by atoms with Crippen molar-refractivity contribution in [2.75, 3.05) is 46.4 Å². The van der Waals surface area contributed by atoms with Crippen LogP contribution in [0.2, 0.25) is 0 Å². The van der Waals surface area contributed by atoms with E-state index in [1.807, 2.05) is 29.2 Å². The Morgan fingerprint density at radius 1 is 0.938 bits per heavy atom. The minimum atomic E-state index is -1.82. The Morgan fingerprint density at radius 3 is 2.06 bits per heavy atom. The lowest BCUT2D eigenvalue weighted by molar-refractivity contribution is -0.159. The second-order valence-corrected chi connectivity index (χ2v) is 8.30. The first-order chi connectivity index (χ1) is 15.4. The molecule has 32 heavy (non-hydrogen) atoms. The molecular formula is C23H30N2O7. The molecule has 1 amide bonds. The second kappa shape index (κ2) is 11.0. The first-order valence-electron chi connectivity index (χ1n) is 10.8. The summed E-state index contributed by atoms with van der Waals surface area (Å²) in [6.07, 6.45) is 7.55. The summed E-state index contributed by atoms with van der Waals surface area (Å²) < 4.78 is 10.7. The molecule has 1 aliphatic heterocycles. The predicted molar refractivity (Wildman–Crippen MR) is 116 cm³/mol. The Morgan fingerprint density at radius 2 is 1.56 bits per heavy atom. The van der Waals surface area contributed by atoms with Gasteiger partial charge in [0.1, 0.15) is 11.5 Å². The maximum absolute atomic E-state index is 12.4. The van der Waals surface area contributed by atoms with E-state index in [9.17, 15) is 4.79 Å². The number of carboxylic acids is 2. The van der Waals surface area contributed by atoms with Gasteiger partial charge in [-0.2, -0.15) is 0 Å². The molecule has 2 bridgehead atoms. The lowest BCUT2D eigenvalue weighted by Gasteiger charge is -2.36. The molecule has 9 heteroatoms. The molecule has 0 spiro atoms. The summed E-state index contributed by atoms with van der Waals surface area (Å²) in [6.45, 7) is 4.86. The fraction of sp³-hybridized carbons (Fsp3) is 0.522. The van der Waals surface area contributed by atoms with Crippen molar-refractivity contribution in [2.24, 2.45) is 17.8 Å². The number of piperazine rings is 1. The molecule has 0 radical (unpaired) electrons. The van der Waals surface area contributed by atoms with E-state index in [4.69, 9.17) is 29.3 Å². The van der Waals surface area contributed by atoms with E-state index in [0.29, 0.717) is 5.75 Å². The predicted octanol–water partition coefficient (Wildman–Crippen LogP) is 1.59. The Kier molecular flexibility index (Phi) is 8.10. The molecular weight excluding hydrogens is 416 g/mol. The average molecular weight is 447 g/mol. The molecule has 1 aromatic carbocycles. The lowest BCUT2D eigenvalue weighted by atomic mass is 9.93. The van der Waals surface area contributed by atoms with Crippen LogP contribution < -0.4 is 9.47 Å². The van der Waals surface area contributed by atoms with Gasteiger partial charge < -0.3 is 24.6 Å². The van der Waals surface area contributed by atoms with E-state index < -0.39 is 11.9 Å². The number of hydrogen-bond acceptors (Lipinski definition) is 6. The largest absolute Gasteiger partial charge is 0.497 e. The highest BCUT2D eigenvalue weighted by molar-refractivity contribution is 6.27. The number of amides is 1. The molecule has 9 nitrogen and oxygen atoms in total. The molecule has 1 aromatic rings. The van der Waals surface area contributed by atoms with Crippen LogP contribution in [0.15, 0.2) is 36.4 Å². The molecule has 1 heterocycles. The topological polar surface area (TPSA) is 117 Å². The maximum atomic E-state index is 12.4. The van der Waals surface area contributed by atoms with Crippen LogP contribution in [0.25, 0.3) is 0 Å². The smallest absolute Gasteiger partial charge is 0.414 e. The zero-order chi connectivity index (χ0) is 23.1.